The second-order valence-corrected chi connectivity index (χ2v) is 14.2. The molecule has 0 radical (unpaired) electrons. The van der Waals surface area contributed by atoms with Crippen LogP contribution >= 0.6 is 0 Å². The maximum atomic E-state index is 11.6. The number of fused-ring (bicyclic) bond motifs is 2. The number of carbonyl (C=O) groups is 1. The van der Waals surface area contributed by atoms with Crippen molar-refractivity contribution in [3.8, 4) is 28.7 Å². The minimum absolute atomic E-state index is 0.270. The van der Waals surface area contributed by atoms with E-state index in [4.69, 9.17) is 14.4 Å². The molecule has 2 fully saturated rings. The Labute approximate surface area is 306 Å². The number of oxazole rings is 1. The summed E-state index contributed by atoms with van der Waals surface area (Å²) >= 11 is 0. The molecule has 5 heterocycles. The molecule has 12 heteroatoms. The Bertz CT molecular complexity index is 2400. The molecule has 3 aromatic heterocycles. The number of carboxylic acids is 1. The van der Waals surface area contributed by atoms with Crippen LogP contribution in [0.25, 0.3) is 44.7 Å². The highest BCUT2D eigenvalue weighted by molar-refractivity contribution is 5.89. The van der Waals surface area contributed by atoms with Crippen LogP contribution < -0.4 is 5.32 Å². The van der Waals surface area contributed by atoms with Gasteiger partial charge in [-0.3, -0.25) is 19.6 Å². The van der Waals surface area contributed by atoms with Crippen molar-refractivity contribution in [3.05, 3.63) is 94.9 Å². The van der Waals surface area contributed by atoms with Crippen molar-refractivity contribution in [2.45, 2.75) is 52.3 Å². The molecule has 2 saturated heterocycles. The largest absolute Gasteiger partial charge is 0.481 e. The zero-order valence-electron chi connectivity index (χ0n) is 29.7. The Hall–Kier alpha value is -5.74. The number of aliphatic hydroxyl groups excluding tert-OH is 1. The van der Waals surface area contributed by atoms with Crippen molar-refractivity contribution in [1.82, 2.24) is 29.7 Å². The third kappa shape index (κ3) is 6.94. The summed E-state index contributed by atoms with van der Waals surface area (Å²) in [6, 6.07) is 20.2. The van der Waals surface area contributed by atoms with Gasteiger partial charge in [-0.2, -0.15) is 5.26 Å². The SMILES string of the molecule is Cc1c(Nc2ncnc3cc(CN4CCC(O)C4)cnc23)cccc1-c1cccc(-c2nc3cc(CN4CCCC(C(=O)O)C4)cc(C#N)c3o2)c1C. The number of pyridine rings is 1. The zero-order valence-corrected chi connectivity index (χ0v) is 29.7. The molecule has 8 rings (SSSR count). The van der Waals surface area contributed by atoms with Crippen LogP contribution in [0.1, 0.15) is 47.1 Å². The van der Waals surface area contributed by atoms with Crippen molar-refractivity contribution in [1.29, 1.82) is 5.26 Å². The van der Waals surface area contributed by atoms with Gasteiger partial charge in [0, 0.05) is 50.2 Å². The number of nitrogens with zero attached hydrogens (tertiary/aromatic N) is 7. The van der Waals surface area contributed by atoms with Gasteiger partial charge < -0.3 is 19.9 Å². The van der Waals surface area contributed by atoms with E-state index >= 15 is 0 Å². The summed E-state index contributed by atoms with van der Waals surface area (Å²) in [7, 11) is 0. The number of anilines is 2. The number of hydrogen-bond donors (Lipinski definition) is 3. The van der Waals surface area contributed by atoms with E-state index in [1.807, 2.05) is 55.6 Å². The Morgan fingerprint density at radius 3 is 2.47 bits per heavy atom. The van der Waals surface area contributed by atoms with E-state index in [1.165, 1.54) is 0 Å². The van der Waals surface area contributed by atoms with E-state index in [2.05, 4.69) is 50.2 Å². The molecule has 0 spiro atoms. The number of aromatic nitrogens is 4. The molecule has 2 atom stereocenters. The summed E-state index contributed by atoms with van der Waals surface area (Å²) in [4.78, 5) is 34.6. The Balaban J connectivity index is 1.06. The van der Waals surface area contributed by atoms with Gasteiger partial charge in [0.2, 0.25) is 5.89 Å². The zero-order chi connectivity index (χ0) is 36.6. The van der Waals surface area contributed by atoms with Gasteiger partial charge in [0.05, 0.1) is 23.1 Å². The standard InChI is InChI=1S/C41H40N8O4/c1-24-31(7-3-9-33(24)40-47-36-15-26(14-29(17-42)38(36)53-40)19-48-12-5-6-28(21-48)41(51)52)32-8-4-10-34(25(32)2)46-39-37-35(44-23-45-39)16-27(18-43-37)20-49-13-11-30(50)22-49/h3-4,7-10,14-16,18,23,28,30,50H,5-6,11-13,19-22H2,1-2H3,(H,51,52)(H,44,45,46). The number of carboxylic acid groups (broad SMARTS) is 1. The van der Waals surface area contributed by atoms with E-state index in [-0.39, 0.29) is 12.0 Å². The first-order valence-electron chi connectivity index (χ1n) is 18.0. The van der Waals surface area contributed by atoms with Crippen molar-refractivity contribution < 1.29 is 19.4 Å². The number of rotatable bonds is 9. The number of aliphatic hydroxyl groups is 1. The van der Waals surface area contributed by atoms with Gasteiger partial charge in [0.1, 0.15) is 23.4 Å². The van der Waals surface area contributed by atoms with Gasteiger partial charge in [-0.15, -0.1) is 0 Å². The Morgan fingerprint density at radius 2 is 1.68 bits per heavy atom. The van der Waals surface area contributed by atoms with Crippen LogP contribution in [0, 0.1) is 31.1 Å². The van der Waals surface area contributed by atoms with Crippen LogP contribution in [-0.2, 0) is 17.9 Å². The molecule has 0 amide bonds. The molecular formula is C41H40N8O4. The number of piperidine rings is 1. The Kier molecular flexibility index (Phi) is 9.30. The highest BCUT2D eigenvalue weighted by Gasteiger charge is 2.26. The fourth-order valence-corrected chi connectivity index (χ4v) is 7.77. The lowest BCUT2D eigenvalue weighted by Crippen LogP contribution is -2.38. The lowest BCUT2D eigenvalue weighted by molar-refractivity contribution is -0.143. The summed E-state index contributed by atoms with van der Waals surface area (Å²) in [6.45, 7) is 8.21. The third-order valence-electron chi connectivity index (χ3n) is 10.6. The molecule has 2 unspecified atom stereocenters. The lowest BCUT2D eigenvalue weighted by Gasteiger charge is -2.30. The molecular weight excluding hydrogens is 669 g/mol. The van der Waals surface area contributed by atoms with Crippen LogP contribution in [-0.4, -0.2) is 78.2 Å². The molecule has 53 heavy (non-hydrogen) atoms. The van der Waals surface area contributed by atoms with E-state index in [9.17, 15) is 20.3 Å². The molecule has 0 saturated carbocycles. The van der Waals surface area contributed by atoms with E-state index in [1.54, 1.807) is 6.33 Å². The first kappa shape index (κ1) is 34.4. The Morgan fingerprint density at radius 1 is 0.925 bits per heavy atom. The average Bonchev–Trinajstić information content (AvgIpc) is 3.78. The molecule has 3 N–H and O–H groups in total. The van der Waals surface area contributed by atoms with Crippen LogP contribution in [0.15, 0.2) is 71.5 Å². The summed E-state index contributed by atoms with van der Waals surface area (Å²) in [6.07, 6.45) is 5.44. The second-order valence-electron chi connectivity index (χ2n) is 14.2. The van der Waals surface area contributed by atoms with Crippen molar-refractivity contribution in [2.75, 3.05) is 31.5 Å². The van der Waals surface area contributed by atoms with Gasteiger partial charge in [0.15, 0.2) is 11.4 Å². The lowest BCUT2D eigenvalue weighted by atomic mass is 9.93. The minimum atomic E-state index is -0.762. The molecule has 0 aliphatic carbocycles. The molecule has 12 nitrogen and oxygen atoms in total. The topological polar surface area (TPSA) is 165 Å². The maximum absolute atomic E-state index is 11.6. The fourth-order valence-electron chi connectivity index (χ4n) is 7.77. The smallest absolute Gasteiger partial charge is 0.307 e. The van der Waals surface area contributed by atoms with Gasteiger partial charge in [-0.05, 0) is 103 Å². The summed E-state index contributed by atoms with van der Waals surface area (Å²) in [5.41, 5.74) is 10.6. The van der Waals surface area contributed by atoms with Crippen LogP contribution in [0.3, 0.4) is 0 Å². The van der Waals surface area contributed by atoms with Gasteiger partial charge in [-0.1, -0.05) is 24.3 Å². The summed E-state index contributed by atoms with van der Waals surface area (Å²) in [5, 5.41) is 33.0. The van der Waals surface area contributed by atoms with E-state index < -0.39 is 5.97 Å². The van der Waals surface area contributed by atoms with E-state index in [0.717, 1.165) is 76.1 Å². The van der Waals surface area contributed by atoms with Crippen molar-refractivity contribution in [2.24, 2.45) is 5.92 Å². The number of aliphatic carboxylic acids is 1. The summed E-state index contributed by atoms with van der Waals surface area (Å²) in [5.74, 6) is -0.0913. The number of likely N-dealkylation sites (tertiary alicyclic amines) is 2. The average molecular weight is 709 g/mol. The van der Waals surface area contributed by atoms with Gasteiger partial charge in [0.25, 0.3) is 0 Å². The monoisotopic (exact) mass is 708 g/mol. The predicted octanol–water partition coefficient (Wildman–Crippen LogP) is 6.60. The maximum Gasteiger partial charge on any atom is 0.307 e. The van der Waals surface area contributed by atoms with Crippen LogP contribution in [0.4, 0.5) is 11.5 Å². The number of nitrogens with one attached hydrogen (secondary N) is 1. The molecule has 268 valence electrons. The van der Waals surface area contributed by atoms with Crippen molar-refractivity contribution >= 4 is 39.6 Å². The summed E-state index contributed by atoms with van der Waals surface area (Å²) < 4.78 is 6.29. The van der Waals surface area contributed by atoms with Gasteiger partial charge in [-0.25, -0.2) is 15.0 Å². The number of hydrogen-bond acceptors (Lipinski definition) is 11. The highest BCUT2D eigenvalue weighted by atomic mass is 16.4. The third-order valence-corrected chi connectivity index (χ3v) is 10.6. The van der Waals surface area contributed by atoms with Crippen LogP contribution in [0.5, 0.6) is 0 Å². The fraction of sp³-hybridized carbons (Fsp3) is 0.317. The number of benzene rings is 3. The molecule has 0 bridgehead atoms. The van der Waals surface area contributed by atoms with Gasteiger partial charge >= 0.3 is 5.97 Å². The second kappa shape index (κ2) is 14.4. The first-order chi connectivity index (χ1) is 25.7. The molecule has 2 aliphatic rings. The molecule has 6 aromatic rings. The predicted molar refractivity (Wildman–Crippen MR) is 201 cm³/mol. The number of β-amino-alcohol motifs (C(OH)–C–C–N with tert-alkyl or cyclic N) is 1. The quantitative estimate of drug-likeness (QED) is 0.148. The molecule has 2 aliphatic heterocycles. The minimum Gasteiger partial charge on any atom is -0.481 e. The first-order valence-corrected chi connectivity index (χ1v) is 18.0. The van der Waals surface area contributed by atoms with E-state index in [0.29, 0.717) is 66.5 Å². The number of nitriles is 1. The normalized spacial score (nSPS) is 18.1. The van der Waals surface area contributed by atoms with Crippen LogP contribution in [0.2, 0.25) is 0 Å². The highest BCUT2D eigenvalue weighted by Crippen LogP contribution is 2.38. The molecule has 3 aromatic carbocycles. The van der Waals surface area contributed by atoms with Crippen molar-refractivity contribution in [3.63, 3.8) is 0 Å².